The van der Waals surface area contributed by atoms with Crippen LogP contribution in [0.2, 0.25) is 0 Å². The molecule has 17 heteroatoms. The Kier molecular flexibility index (Phi) is 27.8. The fraction of sp³-hybridized carbons (Fsp3) is 0.574. The van der Waals surface area contributed by atoms with Crippen molar-refractivity contribution in [3.8, 4) is 28.7 Å². The van der Waals surface area contributed by atoms with Crippen LogP contribution in [-0.2, 0) is 57.2 Å². The van der Waals surface area contributed by atoms with Crippen molar-refractivity contribution < 1.29 is 80.9 Å². The van der Waals surface area contributed by atoms with Crippen LogP contribution in [0.15, 0.2) is 115 Å². The van der Waals surface area contributed by atoms with E-state index in [1.807, 2.05) is 75.4 Å². The molecule has 596 valence electrons. The van der Waals surface area contributed by atoms with E-state index in [9.17, 15) is 24.0 Å². The van der Waals surface area contributed by atoms with Crippen molar-refractivity contribution in [3.05, 3.63) is 160 Å². The number of rotatable bonds is 20. The molecule has 11 aliphatic rings. The van der Waals surface area contributed by atoms with E-state index >= 15 is 0 Å². The van der Waals surface area contributed by atoms with E-state index in [-0.39, 0.29) is 65.6 Å². The van der Waals surface area contributed by atoms with Crippen molar-refractivity contribution in [2.45, 2.75) is 303 Å². The quantitative estimate of drug-likeness (QED) is 0.0393. The molecule has 17 nitrogen and oxygen atoms in total. The standard InChI is InChI=1S/C21H24O3.C18H22O3.3C18H24O3.CO2/c1-3-13(2)14-4-5-16-11-18(8-6-15(16)10-14)23-21(22)17-7-9-19-20(12-17)24-19;1-3-10(2)12-6-4-5-7-15(12)20-18(19)14-9-11-8-13(14)17-16(11)21-17;3*1-4-11(2)13-5-7-15(12(3)9-13)21-18(19)14-6-8-16-17(10-14)20-16;2-1-3/h4-6,8,10-11,13,17,19-20H,3,7,9,12H2,1-2H3;4-7,10-11,13-14,16-17H,3,8-9H2,1-2H3;3*5,7,9,11,14,16-17H,4,6,8,10H2,1-3H3;. The molecular formula is C94H118O17. The summed E-state index contributed by atoms with van der Waals surface area (Å²) in [4.78, 5) is 78.0. The molecule has 11 fully saturated rings. The van der Waals surface area contributed by atoms with E-state index in [0.717, 1.165) is 155 Å². The highest BCUT2D eigenvalue weighted by molar-refractivity contribution is 5.86. The second-order valence-corrected chi connectivity index (χ2v) is 33.6. The molecule has 6 aromatic carbocycles. The third-order valence-corrected chi connectivity index (χ3v) is 26.0. The number of ether oxygens (including phenoxy) is 10. The summed E-state index contributed by atoms with van der Waals surface area (Å²) in [6.07, 6.45) is 22.4. The highest BCUT2D eigenvalue weighted by Gasteiger charge is 2.65. The van der Waals surface area contributed by atoms with Gasteiger partial charge < -0.3 is 47.4 Å². The number of hydrogen-bond donors (Lipinski definition) is 0. The molecule has 5 aliphatic heterocycles. The van der Waals surface area contributed by atoms with Crippen LogP contribution in [0.4, 0.5) is 0 Å². The number of carbonyl (C=O) groups is 5. The number of benzene rings is 6. The van der Waals surface area contributed by atoms with Crippen molar-refractivity contribution in [1.29, 1.82) is 0 Å². The number of carbonyl (C=O) groups excluding carboxylic acids is 7. The Morgan fingerprint density at radius 3 is 1.08 bits per heavy atom. The first-order valence-electron chi connectivity index (χ1n) is 41.8. The van der Waals surface area contributed by atoms with Crippen molar-refractivity contribution in [1.82, 2.24) is 0 Å². The number of fused-ring (bicyclic) bond motifs is 10. The van der Waals surface area contributed by atoms with Crippen LogP contribution in [0.5, 0.6) is 28.7 Å². The molecule has 6 aromatic rings. The monoisotopic (exact) mass is 1520 g/mol. The van der Waals surface area contributed by atoms with Gasteiger partial charge in [-0.3, -0.25) is 24.0 Å². The largest absolute Gasteiger partial charge is 0.426 e. The topological polar surface area (TPSA) is 228 Å². The predicted octanol–water partition coefficient (Wildman–Crippen LogP) is 19.7. The lowest BCUT2D eigenvalue weighted by Crippen LogP contribution is -2.29. The Morgan fingerprint density at radius 1 is 0.360 bits per heavy atom. The fourth-order valence-corrected chi connectivity index (χ4v) is 17.3. The predicted molar refractivity (Wildman–Crippen MR) is 423 cm³/mol. The minimum Gasteiger partial charge on any atom is -0.426 e. The smallest absolute Gasteiger partial charge is 0.373 e. The van der Waals surface area contributed by atoms with Crippen LogP contribution in [0.3, 0.4) is 0 Å². The molecule has 6 aliphatic carbocycles. The lowest BCUT2D eigenvalue weighted by Gasteiger charge is -2.20. The number of para-hydroxylation sites is 1. The highest BCUT2D eigenvalue weighted by atomic mass is 16.6. The summed E-state index contributed by atoms with van der Waals surface area (Å²) in [5.74, 6) is 6.66. The Labute approximate surface area is 656 Å². The molecule has 5 saturated heterocycles. The molecule has 0 spiro atoms. The first-order valence-corrected chi connectivity index (χ1v) is 41.8. The van der Waals surface area contributed by atoms with Crippen LogP contribution >= 0.6 is 0 Å². The molecule has 0 amide bonds. The van der Waals surface area contributed by atoms with E-state index in [4.69, 9.17) is 57.0 Å². The van der Waals surface area contributed by atoms with Crippen LogP contribution in [0.1, 0.15) is 265 Å². The van der Waals surface area contributed by atoms with Crippen LogP contribution < -0.4 is 23.7 Å². The molecule has 5 heterocycles. The average Bonchev–Trinajstić information content (AvgIpc) is 1.55. The summed E-state index contributed by atoms with van der Waals surface area (Å²) in [5, 5.41) is 2.31. The molecule has 0 aromatic heterocycles. The van der Waals surface area contributed by atoms with Gasteiger partial charge in [-0.05, 0) is 270 Å². The fourth-order valence-electron chi connectivity index (χ4n) is 17.3. The van der Waals surface area contributed by atoms with Gasteiger partial charge in [0.2, 0.25) is 0 Å². The van der Waals surface area contributed by atoms with E-state index in [1.165, 1.54) is 27.6 Å². The molecule has 0 radical (unpaired) electrons. The summed E-state index contributed by atoms with van der Waals surface area (Å²) in [6.45, 7) is 28.0. The lowest BCUT2D eigenvalue weighted by atomic mass is 9.89. The van der Waals surface area contributed by atoms with Crippen molar-refractivity contribution in [3.63, 3.8) is 0 Å². The molecule has 111 heavy (non-hydrogen) atoms. The maximum atomic E-state index is 12.6. The summed E-state index contributed by atoms with van der Waals surface area (Å²) < 4.78 is 55.9. The minimum atomic E-state index is -0.112. The normalized spacial score (nSPS) is 29.1. The maximum absolute atomic E-state index is 12.6. The summed E-state index contributed by atoms with van der Waals surface area (Å²) >= 11 is 0. The molecule has 0 N–H and O–H groups in total. The number of esters is 5. The van der Waals surface area contributed by atoms with Crippen LogP contribution in [0, 0.1) is 62.2 Å². The SMILES string of the molecule is CCC(C)c1ccc(OC(=O)C2CCC3OC3C2)c(C)c1.CCC(C)c1ccc(OC(=O)C2CCC3OC3C2)c(C)c1.CCC(C)c1ccc(OC(=O)C2CCC3OC3C2)c(C)c1.CCC(C)c1ccc2cc(OC(=O)C3CCC4OC4C3)ccc2c1.CCC(C)c1ccccc1OC(=O)C1CC2CC1C1OC21.O=C=O. The van der Waals surface area contributed by atoms with Gasteiger partial charge in [0.1, 0.15) is 28.7 Å². The number of hydrogen-bond acceptors (Lipinski definition) is 17. The van der Waals surface area contributed by atoms with Gasteiger partial charge in [-0.25, -0.2) is 0 Å². The van der Waals surface area contributed by atoms with Crippen LogP contribution in [-0.4, -0.2) is 97.0 Å². The number of aryl methyl sites for hydroxylation is 3. The van der Waals surface area contributed by atoms with Crippen molar-refractivity contribution in [2.75, 3.05) is 0 Å². The molecule has 22 atom stereocenters. The number of epoxide rings is 5. The van der Waals surface area contributed by atoms with Gasteiger partial charge in [-0.15, -0.1) is 0 Å². The zero-order valence-corrected chi connectivity index (χ0v) is 67.5. The molecule has 17 rings (SSSR count). The summed E-state index contributed by atoms with van der Waals surface area (Å²) in [5.41, 5.74) is 9.53. The van der Waals surface area contributed by atoms with Crippen molar-refractivity contribution >= 4 is 46.8 Å². The first kappa shape index (κ1) is 82.6. The van der Waals surface area contributed by atoms with E-state index in [2.05, 4.69) is 130 Å². The zero-order valence-electron chi connectivity index (χ0n) is 67.5. The third kappa shape index (κ3) is 21.1. The van der Waals surface area contributed by atoms with Gasteiger partial charge in [0.25, 0.3) is 0 Å². The van der Waals surface area contributed by atoms with Gasteiger partial charge in [-0.2, -0.15) is 9.59 Å². The Balaban J connectivity index is 0.000000128. The Bertz CT molecular complexity index is 4040. The highest BCUT2D eigenvalue weighted by Crippen LogP contribution is 2.59. The van der Waals surface area contributed by atoms with Gasteiger partial charge in [0.05, 0.1) is 90.6 Å². The van der Waals surface area contributed by atoms with Gasteiger partial charge in [0, 0.05) is 5.92 Å². The summed E-state index contributed by atoms with van der Waals surface area (Å²) in [6, 6.07) is 38.8. The second kappa shape index (κ2) is 37.4. The van der Waals surface area contributed by atoms with Crippen molar-refractivity contribution in [2.24, 2.45) is 41.4 Å². The van der Waals surface area contributed by atoms with E-state index < -0.39 is 0 Å². The van der Waals surface area contributed by atoms with E-state index in [1.54, 1.807) is 0 Å². The molecule has 2 bridgehead atoms. The summed E-state index contributed by atoms with van der Waals surface area (Å²) in [7, 11) is 0. The molecular weight excluding hydrogens is 1400 g/mol. The second-order valence-electron chi connectivity index (χ2n) is 33.6. The average molecular weight is 1520 g/mol. The Hall–Kier alpha value is -7.89. The maximum Gasteiger partial charge on any atom is 0.373 e. The minimum absolute atomic E-state index is 0.00221. The third-order valence-electron chi connectivity index (χ3n) is 26.0. The first-order chi connectivity index (χ1) is 53.5. The molecule has 6 saturated carbocycles. The van der Waals surface area contributed by atoms with Gasteiger partial charge in [0.15, 0.2) is 0 Å². The van der Waals surface area contributed by atoms with E-state index in [0.29, 0.717) is 125 Å². The Morgan fingerprint density at radius 2 is 0.712 bits per heavy atom. The van der Waals surface area contributed by atoms with Gasteiger partial charge in [-0.1, -0.05) is 148 Å². The van der Waals surface area contributed by atoms with Gasteiger partial charge >= 0.3 is 36.0 Å². The lowest BCUT2D eigenvalue weighted by molar-refractivity contribution is -0.192. The van der Waals surface area contributed by atoms with Crippen LogP contribution in [0.25, 0.3) is 10.8 Å². The molecule has 22 unspecified atom stereocenters. The zero-order chi connectivity index (χ0) is 78.9.